The smallest absolute Gasteiger partial charge is 0.255 e. The number of hydrogen-bond acceptors (Lipinski definition) is 5. The van der Waals surface area contributed by atoms with Gasteiger partial charge in [0.05, 0.1) is 11.3 Å². The number of aryl methyl sites for hydroxylation is 1. The first-order valence-corrected chi connectivity index (χ1v) is 11.1. The predicted octanol–water partition coefficient (Wildman–Crippen LogP) is 5.35. The van der Waals surface area contributed by atoms with Gasteiger partial charge in [-0.25, -0.2) is 0 Å². The molecule has 0 spiro atoms. The number of aromatic nitrogens is 2. The molecule has 0 aliphatic rings. The minimum absolute atomic E-state index is 0.222. The normalized spacial score (nSPS) is 10.8. The summed E-state index contributed by atoms with van der Waals surface area (Å²) in [6.07, 6.45) is 0. The number of anilines is 1. The van der Waals surface area contributed by atoms with Crippen molar-refractivity contribution in [1.29, 1.82) is 0 Å². The number of nitrogens with one attached hydrogen (secondary N) is 2. The van der Waals surface area contributed by atoms with Crippen molar-refractivity contribution < 1.29 is 14.0 Å². The molecule has 0 aliphatic carbocycles. The van der Waals surface area contributed by atoms with E-state index in [1.54, 1.807) is 48.5 Å². The van der Waals surface area contributed by atoms with E-state index in [1.807, 2.05) is 45.0 Å². The van der Waals surface area contributed by atoms with E-state index in [4.69, 9.17) is 4.42 Å². The zero-order valence-corrected chi connectivity index (χ0v) is 19.3. The van der Waals surface area contributed by atoms with Crippen LogP contribution >= 0.6 is 0 Å². The Labute approximate surface area is 198 Å². The molecule has 3 aromatic carbocycles. The molecule has 4 aromatic rings. The summed E-state index contributed by atoms with van der Waals surface area (Å²) in [5.74, 6) is 0.595. The Bertz CT molecular complexity index is 1290. The Morgan fingerprint density at radius 3 is 2.03 bits per heavy atom. The molecule has 1 aromatic heterocycles. The van der Waals surface area contributed by atoms with E-state index in [-0.39, 0.29) is 11.8 Å². The molecule has 7 nitrogen and oxygen atoms in total. The average Bonchev–Trinajstić information content (AvgIpc) is 3.34. The van der Waals surface area contributed by atoms with Crippen LogP contribution in [0.4, 0.5) is 5.69 Å². The molecule has 0 unspecified atom stereocenters. The van der Waals surface area contributed by atoms with Gasteiger partial charge in [-0.3, -0.25) is 9.59 Å². The zero-order chi connectivity index (χ0) is 24.1. The van der Waals surface area contributed by atoms with Crippen LogP contribution in [0.15, 0.2) is 77.2 Å². The van der Waals surface area contributed by atoms with Gasteiger partial charge >= 0.3 is 0 Å². The predicted molar refractivity (Wildman–Crippen MR) is 131 cm³/mol. The minimum Gasteiger partial charge on any atom is -0.416 e. The third kappa shape index (κ3) is 5.38. The monoisotopic (exact) mass is 454 g/mol. The number of benzene rings is 3. The van der Waals surface area contributed by atoms with E-state index < -0.39 is 0 Å². The molecule has 0 radical (unpaired) electrons. The van der Waals surface area contributed by atoms with Gasteiger partial charge in [-0.15, -0.1) is 10.2 Å². The van der Waals surface area contributed by atoms with Crippen molar-refractivity contribution in [2.45, 2.75) is 20.8 Å². The standard InChI is InChI=1S/C27H26N4O3/c1-17(2)16-28-25(33)22-6-4-5-7-23(22)29-24(32)19-12-14-21(15-13-19)27-31-30-26(34-27)20-10-8-18(3)9-11-20/h4-15,17H,16H2,1-3H3,(H,28,33)(H,29,32). The summed E-state index contributed by atoms with van der Waals surface area (Å²) in [6.45, 7) is 6.62. The van der Waals surface area contributed by atoms with Crippen LogP contribution in [0.1, 0.15) is 40.1 Å². The molecule has 34 heavy (non-hydrogen) atoms. The molecular weight excluding hydrogens is 428 g/mol. The minimum atomic E-state index is -0.318. The number of amides is 2. The van der Waals surface area contributed by atoms with Crippen molar-refractivity contribution in [2.24, 2.45) is 5.92 Å². The van der Waals surface area contributed by atoms with Gasteiger partial charge in [0.1, 0.15) is 0 Å². The van der Waals surface area contributed by atoms with Gasteiger partial charge in [0.25, 0.3) is 11.8 Å². The summed E-state index contributed by atoms with van der Waals surface area (Å²) in [6, 6.07) is 21.6. The summed E-state index contributed by atoms with van der Waals surface area (Å²) < 4.78 is 5.81. The summed E-state index contributed by atoms with van der Waals surface area (Å²) in [4.78, 5) is 25.4. The molecule has 172 valence electrons. The molecule has 2 amide bonds. The highest BCUT2D eigenvalue weighted by atomic mass is 16.4. The lowest BCUT2D eigenvalue weighted by Crippen LogP contribution is -2.28. The summed E-state index contributed by atoms with van der Waals surface area (Å²) in [5, 5.41) is 14.0. The molecule has 0 atom stereocenters. The highest BCUT2D eigenvalue weighted by Gasteiger charge is 2.15. The lowest BCUT2D eigenvalue weighted by atomic mass is 10.1. The van der Waals surface area contributed by atoms with Crippen molar-refractivity contribution >= 4 is 17.5 Å². The van der Waals surface area contributed by atoms with E-state index in [9.17, 15) is 9.59 Å². The van der Waals surface area contributed by atoms with Crippen LogP contribution < -0.4 is 10.6 Å². The van der Waals surface area contributed by atoms with Crippen molar-refractivity contribution in [2.75, 3.05) is 11.9 Å². The fourth-order valence-corrected chi connectivity index (χ4v) is 3.29. The molecule has 7 heteroatoms. The zero-order valence-electron chi connectivity index (χ0n) is 19.3. The molecule has 2 N–H and O–H groups in total. The first kappa shape index (κ1) is 22.9. The molecule has 0 bridgehead atoms. The summed E-state index contributed by atoms with van der Waals surface area (Å²) >= 11 is 0. The Kier molecular flexibility index (Phi) is 6.82. The van der Waals surface area contributed by atoms with Crippen LogP contribution in [0.5, 0.6) is 0 Å². The highest BCUT2D eigenvalue weighted by molar-refractivity contribution is 6.09. The number of hydrogen-bond donors (Lipinski definition) is 2. The lowest BCUT2D eigenvalue weighted by molar-refractivity contribution is 0.0950. The lowest BCUT2D eigenvalue weighted by Gasteiger charge is -2.12. The van der Waals surface area contributed by atoms with Crippen LogP contribution in [0.3, 0.4) is 0 Å². The quantitative estimate of drug-likeness (QED) is 0.392. The number of carbonyl (C=O) groups is 2. The SMILES string of the molecule is Cc1ccc(-c2nnc(-c3ccc(C(=O)Nc4ccccc4C(=O)NCC(C)C)cc3)o2)cc1. The largest absolute Gasteiger partial charge is 0.416 e. The molecule has 1 heterocycles. The van der Waals surface area contributed by atoms with E-state index in [0.717, 1.165) is 11.1 Å². The number of carbonyl (C=O) groups excluding carboxylic acids is 2. The van der Waals surface area contributed by atoms with Crippen LogP contribution in [0.2, 0.25) is 0 Å². The average molecular weight is 455 g/mol. The first-order valence-electron chi connectivity index (χ1n) is 11.1. The number of rotatable bonds is 7. The van der Waals surface area contributed by atoms with E-state index in [2.05, 4.69) is 20.8 Å². The topological polar surface area (TPSA) is 97.1 Å². The maximum atomic E-state index is 12.8. The van der Waals surface area contributed by atoms with Gasteiger partial charge in [-0.1, -0.05) is 43.7 Å². The van der Waals surface area contributed by atoms with Crippen molar-refractivity contribution in [3.63, 3.8) is 0 Å². The third-order valence-electron chi connectivity index (χ3n) is 5.21. The fourth-order valence-electron chi connectivity index (χ4n) is 3.29. The van der Waals surface area contributed by atoms with E-state index in [0.29, 0.717) is 46.6 Å². The Hall–Kier alpha value is -4.26. The van der Waals surface area contributed by atoms with Crippen LogP contribution in [0.25, 0.3) is 22.9 Å². The van der Waals surface area contributed by atoms with Crippen molar-refractivity contribution in [1.82, 2.24) is 15.5 Å². The van der Waals surface area contributed by atoms with Gasteiger partial charge in [0.2, 0.25) is 11.8 Å². The van der Waals surface area contributed by atoms with Gasteiger partial charge in [-0.2, -0.15) is 0 Å². The molecule has 4 rings (SSSR count). The number of nitrogens with zero attached hydrogens (tertiary/aromatic N) is 2. The van der Waals surface area contributed by atoms with Crippen LogP contribution in [-0.2, 0) is 0 Å². The number of para-hydroxylation sites is 1. The molecule has 0 aliphatic heterocycles. The maximum absolute atomic E-state index is 12.8. The third-order valence-corrected chi connectivity index (χ3v) is 5.21. The Morgan fingerprint density at radius 2 is 1.41 bits per heavy atom. The van der Waals surface area contributed by atoms with Gasteiger partial charge < -0.3 is 15.1 Å². The summed E-state index contributed by atoms with van der Waals surface area (Å²) in [7, 11) is 0. The maximum Gasteiger partial charge on any atom is 0.255 e. The molecular formula is C27H26N4O3. The first-order chi connectivity index (χ1) is 16.4. The highest BCUT2D eigenvalue weighted by Crippen LogP contribution is 2.25. The second kappa shape index (κ2) is 10.1. The van der Waals surface area contributed by atoms with Crippen LogP contribution in [-0.4, -0.2) is 28.6 Å². The van der Waals surface area contributed by atoms with E-state index in [1.165, 1.54) is 0 Å². The van der Waals surface area contributed by atoms with Crippen molar-refractivity contribution in [3.8, 4) is 22.9 Å². The second-order valence-corrected chi connectivity index (χ2v) is 8.46. The van der Waals surface area contributed by atoms with Gasteiger partial charge in [0.15, 0.2) is 0 Å². The van der Waals surface area contributed by atoms with Crippen molar-refractivity contribution in [3.05, 3.63) is 89.5 Å². The van der Waals surface area contributed by atoms with Crippen LogP contribution in [0, 0.1) is 12.8 Å². The second-order valence-electron chi connectivity index (χ2n) is 8.46. The van der Waals surface area contributed by atoms with E-state index >= 15 is 0 Å². The Morgan fingerprint density at radius 1 is 0.824 bits per heavy atom. The van der Waals surface area contributed by atoms with Gasteiger partial charge in [-0.05, 0) is 61.4 Å². The fraction of sp³-hybridized carbons (Fsp3) is 0.185. The summed E-state index contributed by atoms with van der Waals surface area (Å²) in [5.41, 5.74) is 4.02. The Balaban J connectivity index is 1.47. The van der Waals surface area contributed by atoms with Gasteiger partial charge in [0, 0.05) is 23.2 Å². The molecule has 0 saturated heterocycles. The molecule has 0 saturated carbocycles. The molecule has 0 fully saturated rings.